The quantitative estimate of drug-likeness (QED) is 0.0357. The summed E-state index contributed by atoms with van der Waals surface area (Å²) in [5.74, 6) is -1.73. The molecule has 0 fully saturated rings. The van der Waals surface area contributed by atoms with Crippen molar-refractivity contribution < 1.29 is 38.2 Å². The Morgan fingerprint density at radius 1 is 0.520 bits per heavy atom. The van der Waals surface area contributed by atoms with E-state index in [9.17, 15) is 19.5 Å². The topological polar surface area (TPSA) is 102 Å². The van der Waals surface area contributed by atoms with E-state index in [1.54, 1.807) is 21.1 Å². The summed E-state index contributed by atoms with van der Waals surface area (Å²) in [6, 6.07) is -0.717. The number of unbranched alkanes of at least 4 members (excludes halogenated alkanes) is 24. The number of esters is 2. The molecule has 0 aromatic heterocycles. The average molecular weight is 712 g/mol. The number of likely N-dealkylation sites (N-methyl/N-ethyl adjacent to an activating group) is 1. The Kier molecular flexibility index (Phi) is 33.3. The summed E-state index contributed by atoms with van der Waals surface area (Å²) in [6.07, 6.45) is 33.0. The first-order chi connectivity index (χ1) is 24.1. The fourth-order valence-corrected chi connectivity index (χ4v) is 6.42. The zero-order valence-electron chi connectivity index (χ0n) is 33.6. The van der Waals surface area contributed by atoms with Gasteiger partial charge in [0.2, 0.25) is 0 Å². The molecule has 0 aliphatic carbocycles. The molecule has 0 aromatic carbocycles. The highest BCUT2D eigenvalue weighted by atomic mass is 16.6. The SMILES string of the molecule is CCCCCCCCCCCCCCCCCCCCCCC(=O)OC(COCCC(C(=O)[O-])[N+](C)(C)C)COC(=O)CCCCCCCC. The number of carbonyl (C=O) groups excluding carboxylic acids is 3. The zero-order chi connectivity index (χ0) is 37.1. The number of rotatable bonds is 38. The third kappa shape index (κ3) is 32.3. The first-order valence-electron chi connectivity index (χ1n) is 21.1. The molecule has 0 saturated carbocycles. The lowest BCUT2D eigenvalue weighted by molar-refractivity contribution is -0.889. The lowest BCUT2D eigenvalue weighted by Crippen LogP contribution is -2.55. The summed E-state index contributed by atoms with van der Waals surface area (Å²) >= 11 is 0. The molecule has 0 aromatic rings. The van der Waals surface area contributed by atoms with Crippen molar-refractivity contribution in [1.29, 1.82) is 0 Å². The van der Waals surface area contributed by atoms with Crippen LogP contribution >= 0.6 is 0 Å². The van der Waals surface area contributed by atoms with Gasteiger partial charge in [-0.1, -0.05) is 168 Å². The number of aliphatic carboxylic acids is 1. The van der Waals surface area contributed by atoms with Crippen LogP contribution in [0.15, 0.2) is 0 Å². The second kappa shape index (κ2) is 34.4. The third-order valence-electron chi connectivity index (χ3n) is 9.74. The zero-order valence-corrected chi connectivity index (χ0v) is 33.6. The largest absolute Gasteiger partial charge is 0.544 e. The van der Waals surface area contributed by atoms with Crippen molar-refractivity contribution in [3.8, 4) is 0 Å². The van der Waals surface area contributed by atoms with Gasteiger partial charge in [-0.05, 0) is 12.8 Å². The molecule has 0 aliphatic rings. The van der Waals surface area contributed by atoms with Gasteiger partial charge < -0.3 is 28.6 Å². The first-order valence-corrected chi connectivity index (χ1v) is 21.1. The molecule has 50 heavy (non-hydrogen) atoms. The minimum absolute atomic E-state index is 0.0478. The van der Waals surface area contributed by atoms with E-state index in [4.69, 9.17) is 14.2 Å². The molecule has 8 heteroatoms. The highest BCUT2D eigenvalue weighted by Gasteiger charge is 2.25. The minimum atomic E-state index is -1.12. The van der Waals surface area contributed by atoms with Gasteiger partial charge in [0, 0.05) is 19.3 Å². The molecule has 0 saturated heterocycles. The number of hydrogen-bond acceptors (Lipinski definition) is 7. The molecule has 0 amide bonds. The Bertz CT molecular complexity index is 797. The van der Waals surface area contributed by atoms with E-state index < -0.39 is 18.1 Å². The molecule has 0 spiro atoms. The van der Waals surface area contributed by atoms with Crippen molar-refractivity contribution in [1.82, 2.24) is 0 Å². The third-order valence-corrected chi connectivity index (χ3v) is 9.74. The molecule has 0 rings (SSSR count). The van der Waals surface area contributed by atoms with E-state index in [1.807, 2.05) is 0 Å². The van der Waals surface area contributed by atoms with Gasteiger partial charge in [-0.3, -0.25) is 9.59 Å². The summed E-state index contributed by atoms with van der Waals surface area (Å²) in [5.41, 5.74) is 0. The van der Waals surface area contributed by atoms with Crippen molar-refractivity contribution in [3.05, 3.63) is 0 Å². The van der Waals surface area contributed by atoms with Crippen molar-refractivity contribution in [2.45, 2.75) is 212 Å². The molecule has 296 valence electrons. The minimum Gasteiger partial charge on any atom is -0.544 e. The summed E-state index contributed by atoms with van der Waals surface area (Å²) in [6.45, 7) is 4.62. The maximum absolute atomic E-state index is 12.6. The number of nitrogens with zero attached hydrogens (tertiary/aromatic N) is 1. The molecule has 0 aliphatic heterocycles. The van der Waals surface area contributed by atoms with E-state index in [1.165, 1.54) is 128 Å². The average Bonchev–Trinajstić information content (AvgIpc) is 3.06. The summed E-state index contributed by atoms with van der Waals surface area (Å²) in [7, 11) is 5.40. The van der Waals surface area contributed by atoms with Crippen molar-refractivity contribution in [2.24, 2.45) is 0 Å². The summed E-state index contributed by atoms with van der Waals surface area (Å²) in [4.78, 5) is 36.5. The predicted molar refractivity (Wildman–Crippen MR) is 204 cm³/mol. The van der Waals surface area contributed by atoms with Crippen LogP contribution in [0.3, 0.4) is 0 Å². The molecule has 0 heterocycles. The van der Waals surface area contributed by atoms with Crippen LogP contribution in [0, 0.1) is 0 Å². The molecule has 0 N–H and O–H groups in total. The van der Waals surface area contributed by atoms with Gasteiger partial charge >= 0.3 is 11.9 Å². The first kappa shape index (κ1) is 48.3. The molecule has 2 atom stereocenters. The predicted octanol–water partition coefficient (Wildman–Crippen LogP) is 9.64. The molecular weight excluding hydrogens is 630 g/mol. The maximum atomic E-state index is 12.6. The van der Waals surface area contributed by atoms with Crippen molar-refractivity contribution in [2.75, 3.05) is 41.0 Å². The molecular formula is C42H81NO7. The van der Waals surface area contributed by atoms with Crippen LogP contribution in [0.25, 0.3) is 0 Å². The fourth-order valence-electron chi connectivity index (χ4n) is 6.42. The Balaban J connectivity index is 4.14. The fraction of sp³-hybridized carbons (Fsp3) is 0.929. The van der Waals surface area contributed by atoms with Gasteiger partial charge in [-0.2, -0.15) is 0 Å². The van der Waals surface area contributed by atoms with Gasteiger partial charge in [-0.25, -0.2) is 0 Å². The highest BCUT2D eigenvalue weighted by Crippen LogP contribution is 2.16. The monoisotopic (exact) mass is 712 g/mol. The van der Waals surface area contributed by atoms with Crippen LogP contribution in [0.1, 0.15) is 200 Å². The normalized spacial score (nSPS) is 12.9. The number of carbonyl (C=O) groups is 3. The lowest BCUT2D eigenvalue weighted by Gasteiger charge is -2.34. The molecule has 8 nitrogen and oxygen atoms in total. The van der Waals surface area contributed by atoms with E-state index in [0.29, 0.717) is 12.8 Å². The van der Waals surface area contributed by atoms with E-state index in [0.717, 1.165) is 38.5 Å². The van der Waals surface area contributed by atoms with Gasteiger partial charge in [-0.15, -0.1) is 0 Å². The Hall–Kier alpha value is -1.67. The smallest absolute Gasteiger partial charge is 0.306 e. The Morgan fingerprint density at radius 3 is 1.24 bits per heavy atom. The van der Waals surface area contributed by atoms with Crippen LogP contribution in [-0.2, 0) is 28.6 Å². The van der Waals surface area contributed by atoms with Crippen LogP contribution in [0.4, 0.5) is 0 Å². The molecule has 0 bridgehead atoms. The van der Waals surface area contributed by atoms with E-state index in [2.05, 4.69) is 13.8 Å². The number of hydrogen-bond donors (Lipinski definition) is 0. The van der Waals surface area contributed by atoms with E-state index >= 15 is 0 Å². The van der Waals surface area contributed by atoms with Crippen LogP contribution in [-0.4, -0.2) is 75.5 Å². The van der Waals surface area contributed by atoms with Gasteiger partial charge in [0.1, 0.15) is 12.6 Å². The van der Waals surface area contributed by atoms with Crippen molar-refractivity contribution in [3.63, 3.8) is 0 Å². The molecule has 0 radical (unpaired) electrons. The van der Waals surface area contributed by atoms with Gasteiger partial charge in [0.25, 0.3) is 0 Å². The number of carboxylic acid groups (broad SMARTS) is 1. The van der Waals surface area contributed by atoms with E-state index in [-0.39, 0.29) is 42.7 Å². The summed E-state index contributed by atoms with van der Waals surface area (Å²) < 4.78 is 17.0. The Morgan fingerprint density at radius 2 is 0.880 bits per heavy atom. The van der Waals surface area contributed by atoms with Crippen molar-refractivity contribution >= 4 is 17.9 Å². The second-order valence-electron chi connectivity index (χ2n) is 15.6. The van der Waals surface area contributed by atoms with Crippen LogP contribution in [0.5, 0.6) is 0 Å². The lowest BCUT2D eigenvalue weighted by atomic mass is 10.0. The van der Waals surface area contributed by atoms with Crippen LogP contribution in [0.2, 0.25) is 0 Å². The number of carboxylic acids is 1. The standard InChI is InChI=1S/C42H81NO7/c1-6-8-10-12-14-15-16-17-18-19-20-21-22-23-24-25-26-27-29-31-33-41(45)50-38(36-48-35-34-39(42(46)47)43(3,4)5)37-49-40(44)32-30-28-13-11-9-7-2/h38-39H,6-37H2,1-5H3. The second-order valence-corrected chi connectivity index (χ2v) is 15.6. The number of ether oxygens (including phenoxy) is 3. The van der Waals surface area contributed by atoms with Gasteiger partial charge in [0.15, 0.2) is 6.10 Å². The number of quaternary nitrogens is 1. The molecule has 2 unspecified atom stereocenters. The highest BCUT2D eigenvalue weighted by molar-refractivity contribution is 5.70. The Labute approximate surface area is 308 Å². The van der Waals surface area contributed by atoms with Gasteiger partial charge in [0.05, 0.1) is 40.3 Å². The maximum Gasteiger partial charge on any atom is 0.306 e. The summed E-state index contributed by atoms with van der Waals surface area (Å²) in [5, 5.41) is 11.6. The van der Waals surface area contributed by atoms with Crippen LogP contribution < -0.4 is 5.11 Å².